The van der Waals surface area contributed by atoms with Crippen LogP contribution in [0.3, 0.4) is 0 Å². The molecule has 0 aliphatic heterocycles. The zero-order chi connectivity index (χ0) is 20.1. The monoisotopic (exact) mass is 402 g/mol. The molecule has 1 aromatic carbocycles. The number of amides is 2. The van der Waals surface area contributed by atoms with Crippen LogP contribution in [0.25, 0.3) is 11.7 Å². The molecule has 28 heavy (non-hydrogen) atoms. The Morgan fingerprint density at radius 3 is 2.71 bits per heavy atom. The van der Waals surface area contributed by atoms with Crippen LogP contribution in [0.15, 0.2) is 54.7 Å². The van der Waals surface area contributed by atoms with Gasteiger partial charge in [-0.2, -0.15) is 0 Å². The lowest BCUT2D eigenvalue weighted by molar-refractivity contribution is -0.131. The Hall–Kier alpha value is -3.39. The van der Waals surface area contributed by atoms with Gasteiger partial charge in [-0.15, -0.1) is 0 Å². The van der Waals surface area contributed by atoms with Crippen LogP contribution in [0.5, 0.6) is 5.75 Å². The highest BCUT2D eigenvalue weighted by Crippen LogP contribution is 2.18. The normalized spacial score (nSPS) is 12.1. The number of hydrazine groups is 1. The minimum atomic E-state index is -0.900. The van der Waals surface area contributed by atoms with E-state index < -0.39 is 23.7 Å². The standard InChI is InChI=1S/C19H16ClFN4O3/c1-12(28-14-7-5-13(21)6-8-14)19(27)24-23-17(26)10-9-15-18(20)22-16-4-2-3-11-25(15)16/h2-12H,1H3,(H,23,26)(H,24,27)/b10-9+/t12-/m0/s1. The zero-order valence-corrected chi connectivity index (χ0v) is 15.5. The molecule has 3 rings (SSSR count). The lowest BCUT2D eigenvalue weighted by Gasteiger charge is -2.14. The maximum Gasteiger partial charge on any atom is 0.279 e. The van der Waals surface area contributed by atoms with Crippen LogP contribution < -0.4 is 15.6 Å². The molecular weight excluding hydrogens is 387 g/mol. The molecule has 0 unspecified atom stereocenters. The van der Waals surface area contributed by atoms with E-state index in [0.717, 1.165) is 0 Å². The van der Waals surface area contributed by atoms with Crippen LogP contribution in [-0.4, -0.2) is 27.3 Å². The molecule has 0 aliphatic carbocycles. The largest absolute Gasteiger partial charge is 0.481 e. The second-order valence-corrected chi connectivity index (χ2v) is 6.10. The molecule has 2 aromatic heterocycles. The van der Waals surface area contributed by atoms with Crippen LogP contribution in [0.2, 0.25) is 5.15 Å². The molecule has 2 amide bonds. The minimum Gasteiger partial charge on any atom is -0.481 e. The highest BCUT2D eigenvalue weighted by Gasteiger charge is 2.15. The average molecular weight is 403 g/mol. The molecular formula is C19H16ClFN4O3. The first-order chi connectivity index (χ1) is 13.4. The molecule has 0 fully saturated rings. The molecule has 1 atom stereocenters. The molecule has 0 saturated heterocycles. The van der Waals surface area contributed by atoms with E-state index in [1.54, 1.807) is 16.7 Å². The summed E-state index contributed by atoms with van der Waals surface area (Å²) in [5.41, 5.74) is 5.68. The second-order valence-electron chi connectivity index (χ2n) is 5.74. The molecule has 3 aromatic rings. The Bertz CT molecular complexity index is 1030. The summed E-state index contributed by atoms with van der Waals surface area (Å²) in [7, 11) is 0. The van der Waals surface area contributed by atoms with Gasteiger partial charge in [-0.05, 0) is 49.4 Å². The summed E-state index contributed by atoms with van der Waals surface area (Å²) in [6.45, 7) is 1.50. The number of benzene rings is 1. The smallest absolute Gasteiger partial charge is 0.279 e. The molecule has 9 heteroatoms. The van der Waals surface area contributed by atoms with Gasteiger partial charge in [0.25, 0.3) is 11.8 Å². The van der Waals surface area contributed by atoms with Crippen LogP contribution >= 0.6 is 11.6 Å². The summed E-state index contributed by atoms with van der Waals surface area (Å²) in [4.78, 5) is 28.1. The molecule has 0 radical (unpaired) electrons. The van der Waals surface area contributed by atoms with Gasteiger partial charge in [-0.1, -0.05) is 17.7 Å². The summed E-state index contributed by atoms with van der Waals surface area (Å²) in [5.74, 6) is -1.21. The third-order valence-corrected chi connectivity index (χ3v) is 4.00. The number of hydrogen-bond acceptors (Lipinski definition) is 4. The molecule has 0 aliphatic rings. The SMILES string of the molecule is C[C@H](Oc1ccc(F)cc1)C(=O)NNC(=O)/C=C/c1c(Cl)nc2ccccn12. The van der Waals surface area contributed by atoms with Crippen molar-refractivity contribution in [3.05, 3.63) is 71.4 Å². The van der Waals surface area contributed by atoms with Crippen molar-refractivity contribution < 1.29 is 18.7 Å². The molecule has 7 nitrogen and oxygen atoms in total. The summed E-state index contributed by atoms with van der Waals surface area (Å²) in [6.07, 6.45) is 3.57. The molecule has 144 valence electrons. The molecule has 0 spiro atoms. The topological polar surface area (TPSA) is 84.7 Å². The van der Waals surface area contributed by atoms with Crippen LogP contribution in [-0.2, 0) is 9.59 Å². The fourth-order valence-corrected chi connectivity index (χ4v) is 2.57. The number of ether oxygens (including phenoxy) is 1. The fraction of sp³-hybridized carbons (Fsp3) is 0.105. The van der Waals surface area contributed by atoms with Gasteiger partial charge in [0.2, 0.25) is 0 Å². The predicted molar refractivity (Wildman–Crippen MR) is 102 cm³/mol. The summed E-state index contributed by atoms with van der Waals surface area (Å²) in [6, 6.07) is 10.7. The number of pyridine rings is 1. The number of imidazole rings is 1. The quantitative estimate of drug-likeness (QED) is 0.507. The van der Waals surface area contributed by atoms with Crippen molar-refractivity contribution >= 4 is 35.1 Å². The van der Waals surface area contributed by atoms with Gasteiger partial charge in [-0.25, -0.2) is 9.37 Å². The maximum absolute atomic E-state index is 12.9. The number of carbonyl (C=O) groups excluding carboxylic acids is 2. The van der Waals surface area contributed by atoms with Crippen molar-refractivity contribution in [2.45, 2.75) is 13.0 Å². The highest BCUT2D eigenvalue weighted by atomic mass is 35.5. The van der Waals surface area contributed by atoms with E-state index >= 15 is 0 Å². The van der Waals surface area contributed by atoms with Crippen molar-refractivity contribution in [3.8, 4) is 5.75 Å². The third-order valence-electron chi connectivity index (χ3n) is 3.72. The summed E-state index contributed by atoms with van der Waals surface area (Å²) in [5, 5.41) is 0.251. The average Bonchev–Trinajstić information content (AvgIpc) is 3.01. The van der Waals surface area contributed by atoms with Crippen molar-refractivity contribution in [1.29, 1.82) is 0 Å². The molecule has 0 saturated carbocycles. The van der Waals surface area contributed by atoms with Gasteiger partial charge < -0.3 is 4.74 Å². The van der Waals surface area contributed by atoms with Gasteiger partial charge in [0.15, 0.2) is 11.3 Å². The van der Waals surface area contributed by atoms with Crippen LogP contribution in [0.1, 0.15) is 12.6 Å². The predicted octanol–water partition coefficient (Wildman–Crippen LogP) is 2.75. The number of carbonyl (C=O) groups is 2. The zero-order valence-electron chi connectivity index (χ0n) is 14.7. The van der Waals surface area contributed by atoms with Crippen molar-refractivity contribution in [3.63, 3.8) is 0 Å². The van der Waals surface area contributed by atoms with Gasteiger partial charge in [0.05, 0.1) is 5.69 Å². The van der Waals surface area contributed by atoms with Gasteiger partial charge >= 0.3 is 0 Å². The second kappa shape index (κ2) is 8.53. The molecule has 0 bridgehead atoms. The lowest BCUT2D eigenvalue weighted by atomic mass is 10.3. The van der Waals surface area contributed by atoms with Crippen molar-refractivity contribution in [2.24, 2.45) is 0 Å². The van der Waals surface area contributed by atoms with E-state index in [4.69, 9.17) is 16.3 Å². The van der Waals surface area contributed by atoms with E-state index in [0.29, 0.717) is 17.1 Å². The van der Waals surface area contributed by atoms with Crippen molar-refractivity contribution in [2.75, 3.05) is 0 Å². The molecule has 2 heterocycles. The first kappa shape index (κ1) is 19.4. The van der Waals surface area contributed by atoms with E-state index in [-0.39, 0.29) is 5.15 Å². The highest BCUT2D eigenvalue weighted by molar-refractivity contribution is 6.31. The Labute approximate surface area is 164 Å². The lowest BCUT2D eigenvalue weighted by Crippen LogP contribution is -2.46. The summed E-state index contributed by atoms with van der Waals surface area (Å²) < 4.78 is 20.0. The fourth-order valence-electron chi connectivity index (χ4n) is 2.33. The van der Waals surface area contributed by atoms with E-state index in [2.05, 4.69) is 15.8 Å². The minimum absolute atomic E-state index is 0.251. The first-order valence-corrected chi connectivity index (χ1v) is 8.64. The van der Waals surface area contributed by atoms with Crippen molar-refractivity contribution in [1.82, 2.24) is 20.2 Å². The van der Waals surface area contributed by atoms with E-state index in [9.17, 15) is 14.0 Å². The van der Waals surface area contributed by atoms with Crippen LogP contribution in [0, 0.1) is 5.82 Å². The Kier molecular flexibility index (Phi) is 5.90. The number of nitrogens with zero attached hydrogens (tertiary/aromatic N) is 2. The Morgan fingerprint density at radius 2 is 1.96 bits per heavy atom. The third kappa shape index (κ3) is 4.66. The molecule has 2 N–H and O–H groups in total. The maximum atomic E-state index is 12.9. The Morgan fingerprint density at radius 1 is 1.21 bits per heavy atom. The number of hydrogen-bond donors (Lipinski definition) is 2. The van der Waals surface area contributed by atoms with Gasteiger partial charge in [-0.3, -0.25) is 24.8 Å². The summed E-state index contributed by atoms with van der Waals surface area (Å²) >= 11 is 6.08. The van der Waals surface area contributed by atoms with Crippen LogP contribution in [0.4, 0.5) is 4.39 Å². The number of rotatable bonds is 5. The first-order valence-electron chi connectivity index (χ1n) is 8.27. The van der Waals surface area contributed by atoms with E-state index in [1.807, 2.05) is 12.1 Å². The van der Waals surface area contributed by atoms with E-state index in [1.165, 1.54) is 43.3 Å². The number of nitrogens with one attached hydrogen (secondary N) is 2. The number of fused-ring (bicyclic) bond motifs is 1. The van der Waals surface area contributed by atoms with Gasteiger partial charge in [0, 0.05) is 12.3 Å². The number of halogens is 2. The number of aromatic nitrogens is 2. The Balaban J connectivity index is 1.54. The van der Waals surface area contributed by atoms with Gasteiger partial charge in [0.1, 0.15) is 17.2 Å².